The van der Waals surface area contributed by atoms with Gasteiger partial charge in [-0.15, -0.1) is 0 Å². The van der Waals surface area contributed by atoms with E-state index in [2.05, 4.69) is 69.0 Å². The molecule has 19 heteroatoms. The molecular formula is C66H128N12O7. The van der Waals surface area contributed by atoms with Crippen molar-refractivity contribution in [1.29, 1.82) is 0 Å². The van der Waals surface area contributed by atoms with Gasteiger partial charge in [-0.05, 0) is 129 Å². The number of rotatable bonds is 62. The van der Waals surface area contributed by atoms with E-state index in [-0.39, 0.29) is 48.5 Å². The van der Waals surface area contributed by atoms with Crippen molar-refractivity contribution >= 4 is 41.6 Å². The summed E-state index contributed by atoms with van der Waals surface area (Å²) in [4.78, 5) is 74.9. The molecule has 0 aromatic rings. The highest BCUT2D eigenvalue weighted by Crippen LogP contribution is 2.14. The second-order valence-corrected chi connectivity index (χ2v) is 23.3. The molecule has 0 aromatic heterocycles. The zero-order chi connectivity index (χ0) is 62.5. The Morgan fingerprint density at radius 2 is 0.776 bits per heavy atom. The van der Waals surface area contributed by atoms with Crippen LogP contribution in [0.1, 0.15) is 277 Å². The number of nitrogens with zero attached hydrogens (tertiary/aromatic N) is 3. The maximum atomic E-state index is 13.5. The van der Waals surface area contributed by atoms with Crippen LogP contribution >= 0.6 is 0 Å². The highest BCUT2D eigenvalue weighted by Gasteiger charge is 2.24. The number of esters is 2. The summed E-state index contributed by atoms with van der Waals surface area (Å²) in [5.74, 6) is -1.51. The Labute approximate surface area is 516 Å². The van der Waals surface area contributed by atoms with Gasteiger partial charge in [-0.25, -0.2) is 0 Å². The molecule has 0 aromatic carbocycles. The molecule has 15 N–H and O–H groups in total. The fourth-order valence-electron chi connectivity index (χ4n) is 9.86. The summed E-state index contributed by atoms with van der Waals surface area (Å²) >= 11 is 0. The third-order valence-electron chi connectivity index (χ3n) is 15.3. The highest BCUT2D eigenvalue weighted by atomic mass is 16.5. The number of ether oxygens (including phenoxy) is 2. The first-order valence-corrected chi connectivity index (χ1v) is 34.1. The van der Waals surface area contributed by atoms with E-state index < -0.39 is 24.0 Å². The summed E-state index contributed by atoms with van der Waals surface area (Å²) in [6, 6.07) is -2.38. The number of unbranched alkanes of at least 4 members (excludes halogenated alkanes) is 28. The van der Waals surface area contributed by atoms with Crippen LogP contribution in [0.3, 0.4) is 0 Å². The Morgan fingerprint density at radius 3 is 1.21 bits per heavy atom. The van der Waals surface area contributed by atoms with Crippen LogP contribution in [-0.4, -0.2) is 124 Å². The first kappa shape index (κ1) is 80.2. The Kier molecular flexibility index (Phi) is 57.5. The summed E-state index contributed by atoms with van der Waals surface area (Å²) in [6.45, 7) is 8.59. The standard InChI is InChI=1S/C66H128N12O7/c1-3-5-7-9-11-13-15-17-19-21-23-25-27-29-33-39-55-84-60(79)46-53-78(54-47-61(80)85-56-40-34-30-28-26-24-22-20-18-16-14-12-10-8-6-4-2)52-38-32-31-36-48-74-64(83)59(77-63(82)58(68)44-42-51-76-66(71)72)45-35-37-49-73-62(81)57(67)43-41-50-75-65(69)70/h17-20,57-59H,3-16,21-56,67-68H2,1-2H3,(H,73,81)(H,74,83)(H,77,82)(H4,69,70,75)(H4,71,72,76)/b19-17-,20-18-. The SMILES string of the molecule is CCCCCCCC/C=C\CCCCCCCCOC(=O)CCN(CCCCCCNC(=O)C(CCCCNC(=O)C(N)CCCN=C(N)N)NC(=O)C(N)CCCN=C(N)N)CCC(=O)OCCCCCCCC/C=C\CCCCCCCC. The zero-order valence-corrected chi connectivity index (χ0v) is 54.1. The fraction of sp³-hybridized carbons (Fsp3) is 0.833. The van der Waals surface area contributed by atoms with Crippen LogP contribution in [0, 0.1) is 0 Å². The minimum absolute atomic E-state index is 0.00960. The molecule has 0 radical (unpaired) electrons. The first-order valence-electron chi connectivity index (χ1n) is 34.1. The van der Waals surface area contributed by atoms with Crippen LogP contribution in [0.4, 0.5) is 0 Å². The van der Waals surface area contributed by atoms with Crippen molar-refractivity contribution in [3.05, 3.63) is 24.3 Å². The molecule has 0 rings (SSSR count). The molecule has 0 heterocycles. The second-order valence-electron chi connectivity index (χ2n) is 23.3. The number of nitrogens with two attached hydrogens (primary N) is 6. The van der Waals surface area contributed by atoms with Crippen molar-refractivity contribution in [2.45, 2.75) is 295 Å². The Hall–Kier alpha value is -4.75. The molecule has 0 aliphatic carbocycles. The Bertz CT molecular complexity index is 1680. The number of hydrogen-bond donors (Lipinski definition) is 9. The van der Waals surface area contributed by atoms with Crippen molar-refractivity contribution < 1.29 is 33.4 Å². The topological polar surface area (TPSA) is 324 Å². The number of nitrogens with one attached hydrogen (secondary N) is 3. The van der Waals surface area contributed by atoms with E-state index in [9.17, 15) is 24.0 Å². The van der Waals surface area contributed by atoms with E-state index >= 15 is 0 Å². The third kappa shape index (κ3) is 56.8. The smallest absolute Gasteiger partial charge is 0.307 e. The Balaban J connectivity index is 5.04. The van der Waals surface area contributed by atoms with Gasteiger partial charge in [0.15, 0.2) is 11.9 Å². The van der Waals surface area contributed by atoms with Gasteiger partial charge < -0.3 is 64.7 Å². The quantitative estimate of drug-likeness (QED) is 0.00899. The molecule has 0 aliphatic heterocycles. The van der Waals surface area contributed by atoms with Gasteiger partial charge >= 0.3 is 11.9 Å². The van der Waals surface area contributed by atoms with E-state index in [1.54, 1.807) is 0 Å². The van der Waals surface area contributed by atoms with Crippen molar-refractivity contribution in [3.8, 4) is 0 Å². The summed E-state index contributed by atoms with van der Waals surface area (Å²) in [7, 11) is 0. The van der Waals surface area contributed by atoms with Gasteiger partial charge in [0.2, 0.25) is 17.7 Å². The second kappa shape index (κ2) is 60.9. The van der Waals surface area contributed by atoms with Gasteiger partial charge in [-0.2, -0.15) is 0 Å². The van der Waals surface area contributed by atoms with Crippen molar-refractivity contribution in [1.82, 2.24) is 20.9 Å². The van der Waals surface area contributed by atoms with Crippen LogP contribution in [-0.2, 0) is 33.4 Å². The minimum Gasteiger partial charge on any atom is -0.466 e. The van der Waals surface area contributed by atoms with Gasteiger partial charge in [0.25, 0.3) is 0 Å². The summed E-state index contributed by atoms with van der Waals surface area (Å²) < 4.78 is 11.3. The Morgan fingerprint density at radius 1 is 0.412 bits per heavy atom. The van der Waals surface area contributed by atoms with E-state index in [4.69, 9.17) is 43.9 Å². The van der Waals surface area contributed by atoms with Crippen LogP contribution in [0.2, 0.25) is 0 Å². The molecule has 0 saturated carbocycles. The lowest BCUT2D eigenvalue weighted by atomic mass is 10.1. The van der Waals surface area contributed by atoms with Crippen molar-refractivity contribution in [3.63, 3.8) is 0 Å². The predicted octanol–water partition coefficient (Wildman–Crippen LogP) is 10.4. The van der Waals surface area contributed by atoms with Gasteiger partial charge in [0.1, 0.15) is 6.04 Å². The van der Waals surface area contributed by atoms with E-state index in [1.165, 1.54) is 128 Å². The number of carbonyl (C=O) groups excluding carboxylic acids is 5. The van der Waals surface area contributed by atoms with Gasteiger partial charge in [0.05, 0.1) is 38.1 Å². The minimum atomic E-state index is -0.855. The maximum absolute atomic E-state index is 13.5. The average Bonchev–Trinajstić information content (AvgIpc) is 3.55. The van der Waals surface area contributed by atoms with Crippen LogP contribution < -0.4 is 50.4 Å². The monoisotopic (exact) mass is 1200 g/mol. The highest BCUT2D eigenvalue weighted by molar-refractivity contribution is 5.89. The molecule has 0 aliphatic rings. The molecule has 0 spiro atoms. The molecule has 494 valence electrons. The zero-order valence-electron chi connectivity index (χ0n) is 54.1. The van der Waals surface area contributed by atoms with Crippen molar-refractivity contribution in [2.24, 2.45) is 44.4 Å². The fourth-order valence-corrected chi connectivity index (χ4v) is 9.86. The van der Waals surface area contributed by atoms with Gasteiger partial charge in [-0.1, -0.05) is 167 Å². The van der Waals surface area contributed by atoms with E-state index in [0.717, 1.165) is 77.0 Å². The molecule has 85 heavy (non-hydrogen) atoms. The lowest BCUT2D eigenvalue weighted by Gasteiger charge is -2.22. The molecule has 3 atom stereocenters. The van der Waals surface area contributed by atoms with E-state index in [0.29, 0.717) is 104 Å². The summed E-state index contributed by atoms with van der Waals surface area (Å²) in [6.07, 6.45) is 50.8. The number of aliphatic imine (C=N–C) groups is 2. The number of hydrogen-bond acceptors (Lipinski definition) is 12. The average molecular weight is 1200 g/mol. The molecule has 3 amide bonds. The molecule has 0 bridgehead atoms. The maximum Gasteiger partial charge on any atom is 0.307 e. The first-order chi connectivity index (χ1) is 41.3. The third-order valence-corrected chi connectivity index (χ3v) is 15.3. The normalized spacial score (nSPS) is 12.5. The molecule has 19 nitrogen and oxygen atoms in total. The van der Waals surface area contributed by atoms with Gasteiger partial charge in [-0.3, -0.25) is 34.0 Å². The lowest BCUT2D eigenvalue weighted by molar-refractivity contribution is -0.144. The number of carbonyl (C=O) groups is 5. The number of guanidine groups is 2. The van der Waals surface area contributed by atoms with Crippen molar-refractivity contribution in [2.75, 3.05) is 59.0 Å². The van der Waals surface area contributed by atoms with Gasteiger partial charge in [0, 0.05) is 39.3 Å². The van der Waals surface area contributed by atoms with E-state index in [1.807, 2.05) is 0 Å². The molecule has 0 fully saturated rings. The summed E-state index contributed by atoms with van der Waals surface area (Å²) in [5.41, 5.74) is 33.8. The predicted molar refractivity (Wildman–Crippen MR) is 353 cm³/mol. The number of allylic oxidation sites excluding steroid dienone is 4. The largest absolute Gasteiger partial charge is 0.466 e. The molecular weight excluding hydrogens is 1070 g/mol. The van der Waals surface area contributed by atoms with Crippen LogP contribution in [0.25, 0.3) is 0 Å². The summed E-state index contributed by atoms with van der Waals surface area (Å²) in [5, 5.41) is 8.67. The number of amides is 3. The van der Waals surface area contributed by atoms with Crippen LogP contribution in [0.5, 0.6) is 0 Å². The lowest BCUT2D eigenvalue weighted by Crippen LogP contribution is -2.51. The van der Waals surface area contributed by atoms with Crippen LogP contribution in [0.15, 0.2) is 34.3 Å². The molecule has 0 saturated heterocycles. The molecule has 3 unspecified atom stereocenters.